The molecule has 162 valence electrons. The zero-order valence-corrected chi connectivity index (χ0v) is 18.6. The Bertz CT molecular complexity index is 722. The standard InChI is InChI=1S/C22H33N3O3.ClH/c1-15-11-17(21(27)24-22(3,14-23)18-7-8-18)12-16(2)20(15)28-13-19(26)25-9-5-4-6-10-25;/h11-12,18H,4-10,13-14,23H2,1-3H3,(H,24,27);1H. The van der Waals surface area contributed by atoms with Crippen molar-refractivity contribution in [3.05, 3.63) is 28.8 Å². The van der Waals surface area contributed by atoms with Crippen LogP contribution in [0, 0.1) is 19.8 Å². The molecule has 3 N–H and O–H groups in total. The highest BCUT2D eigenvalue weighted by molar-refractivity contribution is 5.95. The van der Waals surface area contributed by atoms with E-state index in [1.165, 1.54) is 6.42 Å². The molecular weight excluding hydrogens is 390 g/mol. The molecule has 1 heterocycles. The number of nitrogens with one attached hydrogen (secondary N) is 1. The van der Waals surface area contributed by atoms with Gasteiger partial charge in [-0.2, -0.15) is 0 Å². The third-order valence-corrected chi connectivity index (χ3v) is 6.07. The zero-order valence-electron chi connectivity index (χ0n) is 17.8. The minimum atomic E-state index is -0.352. The lowest BCUT2D eigenvalue weighted by molar-refractivity contribution is -0.134. The Morgan fingerprint density at radius 3 is 2.28 bits per heavy atom. The number of aryl methyl sites for hydroxylation is 2. The van der Waals surface area contributed by atoms with E-state index in [4.69, 9.17) is 10.5 Å². The monoisotopic (exact) mass is 423 g/mol. The number of ether oxygens (including phenoxy) is 1. The number of nitrogens with two attached hydrogens (primary N) is 1. The van der Waals surface area contributed by atoms with Crippen LogP contribution in [0.3, 0.4) is 0 Å². The van der Waals surface area contributed by atoms with Crippen molar-refractivity contribution in [3.63, 3.8) is 0 Å². The summed E-state index contributed by atoms with van der Waals surface area (Å²) in [6.45, 7) is 7.95. The molecular formula is C22H34ClN3O3. The van der Waals surface area contributed by atoms with E-state index < -0.39 is 0 Å². The molecule has 1 atom stereocenters. The van der Waals surface area contributed by atoms with E-state index in [1.54, 1.807) is 0 Å². The summed E-state index contributed by atoms with van der Waals surface area (Å²) in [5.41, 5.74) is 7.88. The van der Waals surface area contributed by atoms with Crippen LogP contribution >= 0.6 is 12.4 Å². The highest BCUT2D eigenvalue weighted by Gasteiger charge is 2.41. The fourth-order valence-electron chi connectivity index (χ4n) is 4.05. The number of nitrogens with zero attached hydrogens (tertiary/aromatic N) is 1. The van der Waals surface area contributed by atoms with Gasteiger partial charge in [0.2, 0.25) is 0 Å². The van der Waals surface area contributed by atoms with Crippen LogP contribution in [0.15, 0.2) is 12.1 Å². The Hall–Kier alpha value is -1.79. The van der Waals surface area contributed by atoms with Crippen LogP contribution in [0.25, 0.3) is 0 Å². The molecule has 7 heteroatoms. The van der Waals surface area contributed by atoms with Gasteiger partial charge >= 0.3 is 0 Å². The topological polar surface area (TPSA) is 84.7 Å². The second-order valence-electron chi connectivity index (χ2n) is 8.52. The highest BCUT2D eigenvalue weighted by Crippen LogP contribution is 2.39. The second-order valence-corrected chi connectivity index (χ2v) is 8.52. The van der Waals surface area contributed by atoms with E-state index in [1.807, 2.05) is 37.8 Å². The SMILES string of the molecule is Cc1cc(C(=O)NC(C)(CN)C2CC2)cc(C)c1OCC(=O)N1CCCCC1.Cl. The van der Waals surface area contributed by atoms with Crippen molar-refractivity contribution in [2.24, 2.45) is 11.7 Å². The number of hydrogen-bond donors (Lipinski definition) is 2. The molecule has 3 rings (SSSR count). The molecule has 1 aliphatic heterocycles. The molecule has 1 aromatic rings. The Kier molecular flexibility index (Phi) is 7.94. The number of likely N-dealkylation sites (tertiary alicyclic amines) is 1. The summed E-state index contributed by atoms with van der Waals surface area (Å²) in [6, 6.07) is 3.65. The number of rotatable bonds is 7. The molecule has 6 nitrogen and oxygen atoms in total. The van der Waals surface area contributed by atoms with Gasteiger partial charge in [0.25, 0.3) is 11.8 Å². The lowest BCUT2D eigenvalue weighted by Crippen LogP contribution is -2.53. The quantitative estimate of drug-likeness (QED) is 0.706. The van der Waals surface area contributed by atoms with Crippen molar-refractivity contribution >= 4 is 24.2 Å². The summed E-state index contributed by atoms with van der Waals surface area (Å²) in [6.07, 6.45) is 5.55. The fourth-order valence-corrected chi connectivity index (χ4v) is 4.05. The lowest BCUT2D eigenvalue weighted by atomic mass is 9.95. The number of carbonyl (C=O) groups is 2. The number of halogens is 1. The van der Waals surface area contributed by atoms with Crippen molar-refractivity contribution in [1.29, 1.82) is 0 Å². The number of benzene rings is 1. The van der Waals surface area contributed by atoms with Gasteiger partial charge in [0.1, 0.15) is 5.75 Å². The van der Waals surface area contributed by atoms with Gasteiger partial charge in [-0.25, -0.2) is 0 Å². The van der Waals surface area contributed by atoms with Gasteiger partial charge in [0.05, 0.1) is 5.54 Å². The number of hydrogen-bond acceptors (Lipinski definition) is 4. The van der Waals surface area contributed by atoms with Gasteiger partial charge in [-0.05, 0) is 82.1 Å². The smallest absolute Gasteiger partial charge is 0.260 e. The normalized spacial score (nSPS) is 18.4. The van der Waals surface area contributed by atoms with Crippen LogP contribution in [0.4, 0.5) is 0 Å². The van der Waals surface area contributed by atoms with E-state index in [2.05, 4.69) is 5.32 Å². The summed E-state index contributed by atoms with van der Waals surface area (Å²) in [5, 5.41) is 3.12. The van der Waals surface area contributed by atoms with E-state index >= 15 is 0 Å². The number of amides is 2. The predicted octanol–water partition coefficient (Wildman–Crippen LogP) is 2.97. The van der Waals surface area contributed by atoms with Gasteiger partial charge in [0.15, 0.2) is 6.61 Å². The van der Waals surface area contributed by atoms with Crippen LogP contribution in [0.2, 0.25) is 0 Å². The maximum atomic E-state index is 12.8. The molecule has 1 saturated heterocycles. The van der Waals surface area contributed by atoms with Gasteiger partial charge < -0.3 is 20.7 Å². The first-order chi connectivity index (χ1) is 13.3. The van der Waals surface area contributed by atoms with Crippen LogP contribution < -0.4 is 15.8 Å². The minimum absolute atomic E-state index is 0. The number of piperidine rings is 1. The molecule has 0 bridgehead atoms. The zero-order chi connectivity index (χ0) is 20.3. The largest absolute Gasteiger partial charge is 0.483 e. The Balaban J connectivity index is 0.00000300. The lowest BCUT2D eigenvalue weighted by Gasteiger charge is -2.29. The minimum Gasteiger partial charge on any atom is -0.483 e. The number of carbonyl (C=O) groups excluding carboxylic acids is 2. The van der Waals surface area contributed by atoms with Crippen LogP contribution in [0.5, 0.6) is 5.75 Å². The van der Waals surface area contributed by atoms with Crippen molar-refractivity contribution in [2.75, 3.05) is 26.2 Å². The molecule has 2 amide bonds. The van der Waals surface area contributed by atoms with Crippen molar-refractivity contribution < 1.29 is 14.3 Å². The first-order valence-electron chi connectivity index (χ1n) is 10.4. The Labute approximate surface area is 179 Å². The van der Waals surface area contributed by atoms with E-state index in [9.17, 15) is 9.59 Å². The maximum Gasteiger partial charge on any atom is 0.260 e. The summed E-state index contributed by atoms with van der Waals surface area (Å²) >= 11 is 0. The first kappa shape index (κ1) is 23.5. The molecule has 1 aliphatic carbocycles. The molecule has 0 aromatic heterocycles. The van der Waals surface area contributed by atoms with Gasteiger partial charge in [-0.1, -0.05) is 0 Å². The predicted molar refractivity (Wildman–Crippen MR) is 117 cm³/mol. The molecule has 0 radical (unpaired) electrons. The summed E-state index contributed by atoms with van der Waals surface area (Å²) in [4.78, 5) is 27.0. The van der Waals surface area contributed by atoms with E-state index in [0.717, 1.165) is 49.9 Å². The Morgan fingerprint density at radius 2 is 1.76 bits per heavy atom. The van der Waals surface area contributed by atoms with Crippen LogP contribution in [-0.4, -0.2) is 48.5 Å². The van der Waals surface area contributed by atoms with E-state index in [0.29, 0.717) is 23.8 Å². The van der Waals surface area contributed by atoms with Crippen LogP contribution in [-0.2, 0) is 4.79 Å². The molecule has 1 saturated carbocycles. The first-order valence-corrected chi connectivity index (χ1v) is 10.4. The van der Waals surface area contributed by atoms with Gasteiger partial charge in [-0.15, -0.1) is 12.4 Å². The highest BCUT2D eigenvalue weighted by atomic mass is 35.5. The third kappa shape index (κ3) is 5.64. The van der Waals surface area contributed by atoms with Crippen molar-refractivity contribution in [1.82, 2.24) is 10.2 Å². The average Bonchev–Trinajstić information content (AvgIpc) is 3.53. The van der Waals surface area contributed by atoms with Gasteiger partial charge in [-0.3, -0.25) is 9.59 Å². The molecule has 1 aromatic carbocycles. The third-order valence-electron chi connectivity index (χ3n) is 6.07. The average molecular weight is 424 g/mol. The second kappa shape index (κ2) is 9.81. The fraction of sp³-hybridized carbons (Fsp3) is 0.636. The van der Waals surface area contributed by atoms with Crippen molar-refractivity contribution in [3.8, 4) is 5.75 Å². The maximum absolute atomic E-state index is 12.8. The molecule has 29 heavy (non-hydrogen) atoms. The van der Waals surface area contributed by atoms with Crippen LogP contribution in [0.1, 0.15) is 60.5 Å². The molecule has 0 spiro atoms. The summed E-state index contributed by atoms with van der Waals surface area (Å²) in [7, 11) is 0. The molecule has 2 aliphatic rings. The van der Waals surface area contributed by atoms with Gasteiger partial charge in [0, 0.05) is 25.2 Å². The Morgan fingerprint density at radius 1 is 1.17 bits per heavy atom. The van der Waals surface area contributed by atoms with E-state index in [-0.39, 0.29) is 36.4 Å². The van der Waals surface area contributed by atoms with Crippen molar-refractivity contribution in [2.45, 2.75) is 58.4 Å². The molecule has 2 fully saturated rings. The molecule has 1 unspecified atom stereocenters. The summed E-state index contributed by atoms with van der Waals surface area (Å²) < 4.78 is 5.84. The summed E-state index contributed by atoms with van der Waals surface area (Å²) in [5.74, 6) is 1.07.